The minimum absolute atomic E-state index is 0.628. The van der Waals surface area contributed by atoms with Crippen molar-refractivity contribution in [1.29, 1.82) is 0 Å². The Morgan fingerprint density at radius 2 is 2.30 bits per heavy atom. The van der Waals surface area contributed by atoms with Gasteiger partial charge >= 0.3 is 0 Å². The van der Waals surface area contributed by atoms with Crippen molar-refractivity contribution in [2.75, 3.05) is 0 Å². The van der Waals surface area contributed by atoms with Crippen molar-refractivity contribution in [3.05, 3.63) is 0 Å². The zero-order valence-corrected chi connectivity index (χ0v) is 6.68. The molecule has 1 saturated carbocycles. The highest BCUT2D eigenvalue weighted by molar-refractivity contribution is 5.49. The van der Waals surface area contributed by atoms with Crippen molar-refractivity contribution >= 4 is 6.29 Å². The number of carbonyl (C=O) groups is 1. The van der Waals surface area contributed by atoms with Crippen LogP contribution >= 0.6 is 0 Å². The molecule has 10 heavy (non-hydrogen) atoms. The second-order valence-corrected chi connectivity index (χ2v) is 3.54. The molecule has 0 spiro atoms. The van der Waals surface area contributed by atoms with Crippen LogP contribution in [0.5, 0.6) is 0 Å². The zero-order valence-electron chi connectivity index (χ0n) is 6.68. The largest absolute Gasteiger partial charge is 0.303 e. The molecule has 0 aromatic carbocycles. The van der Waals surface area contributed by atoms with E-state index in [4.69, 9.17) is 0 Å². The molecule has 0 aromatic heterocycles. The van der Waals surface area contributed by atoms with Gasteiger partial charge in [-0.1, -0.05) is 26.2 Å². The van der Waals surface area contributed by atoms with E-state index >= 15 is 0 Å². The lowest BCUT2D eigenvalue weighted by Crippen LogP contribution is -2.14. The Morgan fingerprint density at radius 1 is 1.60 bits per heavy atom. The molecule has 0 N–H and O–H groups in total. The molecule has 1 atom stereocenters. The van der Waals surface area contributed by atoms with Crippen LogP contribution in [0.2, 0.25) is 0 Å². The van der Waals surface area contributed by atoms with Crippen LogP contribution in [0.3, 0.4) is 0 Å². The molecule has 0 bridgehead atoms. The van der Waals surface area contributed by atoms with Crippen LogP contribution in [0.25, 0.3) is 0 Å². The summed E-state index contributed by atoms with van der Waals surface area (Å²) in [5.74, 6) is 1.58. The molecule has 1 aliphatic carbocycles. The first-order chi connectivity index (χ1) is 4.83. The van der Waals surface area contributed by atoms with Gasteiger partial charge in [0.15, 0.2) is 0 Å². The number of rotatable bonds is 4. The second-order valence-electron chi connectivity index (χ2n) is 3.54. The van der Waals surface area contributed by atoms with Gasteiger partial charge in [-0.25, -0.2) is 0 Å². The predicted octanol–water partition coefficient (Wildman–Crippen LogP) is 2.40. The fourth-order valence-corrected chi connectivity index (χ4v) is 1.56. The van der Waals surface area contributed by atoms with Crippen molar-refractivity contribution in [2.24, 2.45) is 11.8 Å². The average molecular weight is 140 g/mol. The van der Waals surface area contributed by atoms with Gasteiger partial charge in [0.1, 0.15) is 6.29 Å². The second kappa shape index (κ2) is 3.75. The van der Waals surface area contributed by atoms with Crippen LogP contribution in [-0.4, -0.2) is 6.29 Å². The van der Waals surface area contributed by atoms with E-state index in [9.17, 15) is 4.79 Å². The topological polar surface area (TPSA) is 17.1 Å². The van der Waals surface area contributed by atoms with Gasteiger partial charge < -0.3 is 4.79 Å². The van der Waals surface area contributed by atoms with Gasteiger partial charge in [0.25, 0.3) is 0 Å². The maximum absolute atomic E-state index is 10.1. The Kier molecular flexibility index (Phi) is 2.91. The quantitative estimate of drug-likeness (QED) is 0.548. The summed E-state index contributed by atoms with van der Waals surface area (Å²) in [6.07, 6.45) is 7.31. The SMILES string of the molecule is CC(CC=O)CC1CCC1. The van der Waals surface area contributed by atoms with Crippen LogP contribution in [-0.2, 0) is 4.79 Å². The van der Waals surface area contributed by atoms with E-state index in [1.807, 2.05) is 0 Å². The molecule has 1 aliphatic rings. The lowest BCUT2D eigenvalue weighted by molar-refractivity contribution is -0.108. The molecule has 0 heterocycles. The third-order valence-corrected chi connectivity index (χ3v) is 2.46. The number of carbonyl (C=O) groups excluding carboxylic acids is 1. The maximum atomic E-state index is 10.1. The Hall–Kier alpha value is -0.330. The summed E-state index contributed by atoms with van der Waals surface area (Å²) < 4.78 is 0. The van der Waals surface area contributed by atoms with Crippen LogP contribution in [0, 0.1) is 11.8 Å². The first-order valence-electron chi connectivity index (χ1n) is 4.26. The minimum Gasteiger partial charge on any atom is -0.303 e. The standard InChI is InChI=1S/C9H16O/c1-8(5-6-10)7-9-3-2-4-9/h6,8-9H,2-5,7H2,1H3. The molecule has 1 nitrogen and oxygen atoms in total. The average Bonchev–Trinajstić information content (AvgIpc) is 1.80. The van der Waals surface area contributed by atoms with E-state index in [1.54, 1.807) is 0 Å². The molecule has 0 radical (unpaired) electrons. The Morgan fingerprint density at radius 3 is 2.70 bits per heavy atom. The molecule has 58 valence electrons. The summed E-state index contributed by atoms with van der Waals surface area (Å²) in [7, 11) is 0. The molecule has 1 unspecified atom stereocenters. The lowest BCUT2D eigenvalue weighted by Gasteiger charge is -2.27. The summed E-state index contributed by atoms with van der Waals surface area (Å²) in [6, 6.07) is 0. The van der Waals surface area contributed by atoms with E-state index in [1.165, 1.54) is 25.7 Å². The van der Waals surface area contributed by atoms with E-state index in [-0.39, 0.29) is 0 Å². The van der Waals surface area contributed by atoms with Crippen molar-refractivity contribution in [2.45, 2.75) is 39.0 Å². The van der Waals surface area contributed by atoms with Gasteiger partial charge in [-0.3, -0.25) is 0 Å². The van der Waals surface area contributed by atoms with Crippen molar-refractivity contribution in [1.82, 2.24) is 0 Å². The summed E-state index contributed by atoms with van der Waals surface area (Å²) in [6.45, 7) is 2.17. The summed E-state index contributed by atoms with van der Waals surface area (Å²) in [5, 5.41) is 0. The Labute approximate surface area is 62.8 Å². The maximum Gasteiger partial charge on any atom is 0.120 e. The van der Waals surface area contributed by atoms with Crippen molar-refractivity contribution in [3.8, 4) is 0 Å². The molecule has 1 rings (SSSR count). The highest BCUT2D eigenvalue weighted by atomic mass is 16.1. The van der Waals surface area contributed by atoms with E-state index in [0.717, 1.165) is 18.6 Å². The smallest absolute Gasteiger partial charge is 0.120 e. The normalized spacial score (nSPS) is 21.7. The first kappa shape index (κ1) is 7.77. The number of hydrogen-bond donors (Lipinski definition) is 0. The third-order valence-electron chi connectivity index (χ3n) is 2.46. The van der Waals surface area contributed by atoms with Gasteiger partial charge in [-0.05, 0) is 18.3 Å². The highest BCUT2D eigenvalue weighted by Gasteiger charge is 2.19. The van der Waals surface area contributed by atoms with Gasteiger partial charge in [-0.15, -0.1) is 0 Å². The fourth-order valence-electron chi connectivity index (χ4n) is 1.56. The minimum atomic E-state index is 0.628. The summed E-state index contributed by atoms with van der Waals surface area (Å²) in [5.41, 5.74) is 0. The molecular formula is C9H16O. The monoisotopic (exact) mass is 140 g/mol. The number of hydrogen-bond acceptors (Lipinski definition) is 1. The van der Waals surface area contributed by atoms with Crippen molar-refractivity contribution in [3.63, 3.8) is 0 Å². The van der Waals surface area contributed by atoms with Crippen LogP contribution in [0.4, 0.5) is 0 Å². The molecule has 1 heteroatoms. The fraction of sp³-hybridized carbons (Fsp3) is 0.889. The molecule has 0 saturated heterocycles. The van der Waals surface area contributed by atoms with Gasteiger partial charge in [0.2, 0.25) is 0 Å². The summed E-state index contributed by atoms with van der Waals surface area (Å²) in [4.78, 5) is 10.1. The lowest BCUT2D eigenvalue weighted by atomic mass is 9.79. The van der Waals surface area contributed by atoms with E-state index in [2.05, 4.69) is 6.92 Å². The third kappa shape index (κ3) is 2.13. The summed E-state index contributed by atoms with van der Waals surface area (Å²) >= 11 is 0. The molecule has 1 fully saturated rings. The van der Waals surface area contributed by atoms with Crippen LogP contribution in [0.15, 0.2) is 0 Å². The van der Waals surface area contributed by atoms with Gasteiger partial charge in [0.05, 0.1) is 0 Å². The molecule has 0 aromatic rings. The molecule has 0 aliphatic heterocycles. The molecule has 0 amide bonds. The van der Waals surface area contributed by atoms with Gasteiger partial charge in [0, 0.05) is 6.42 Å². The van der Waals surface area contributed by atoms with E-state index in [0.29, 0.717) is 5.92 Å². The molecular weight excluding hydrogens is 124 g/mol. The van der Waals surface area contributed by atoms with Crippen LogP contribution in [0.1, 0.15) is 39.0 Å². The first-order valence-corrected chi connectivity index (χ1v) is 4.26. The zero-order chi connectivity index (χ0) is 7.40. The Bertz CT molecular complexity index is 105. The Balaban J connectivity index is 2.04. The highest BCUT2D eigenvalue weighted by Crippen LogP contribution is 2.32. The number of aldehydes is 1. The predicted molar refractivity (Wildman–Crippen MR) is 41.8 cm³/mol. The van der Waals surface area contributed by atoms with Crippen LogP contribution < -0.4 is 0 Å². The van der Waals surface area contributed by atoms with E-state index < -0.39 is 0 Å². The van der Waals surface area contributed by atoms with Gasteiger partial charge in [-0.2, -0.15) is 0 Å². The van der Waals surface area contributed by atoms with Crippen molar-refractivity contribution < 1.29 is 4.79 Å².